The van der Waals surface area contributed by atoms with Crippen molar-refractivity contribution in [2.24, 2.45) is 4.99 Å². The zero-order valence-corrected chi connectivity index (χ0v) is 10.2. The van der Waals surface area contributed by atoms with Crippen LogP contribution in [0.4, 0.5) is 13.2 Å². The van der Waals surface area contributed by atoms with Gasteiger partial charge in [0, 0.05) is 17.2 Å². The van der Waals surface area contributed by atoms with Gasteiger partial charge in [-0.25, -0.2) is 0 Å². The van der Waals surface area contributed by atoms with Gasteiger partial charge in [-0.1, -0.05) is 12.1 Å². The van der Waals surface area contributed by atoms with Crippen LogP contribution in [-0.2, 0) is 6.18 Å². The van der Waals surface area contributed by atoms with Crippen LogP contribution in [0, 0.1) is 0 Å². The summed E-state index contributed by atoms with van der Waals surface area (Å²) >= 11 is 7.11. The average molecular weight is 280 g/mol. The predicted molar refractivity (Wildman–Crippen MR) is 64.9 cm³/mol. The van der Waals surface area contributed by atoms with Gasteiger partial charge in [0.25, 0.3) is 0 Å². The Morgan fingerprint density at radius 3 is 2.76 bits per heavy atom. The van der Waals surface area contributed by atoms with Crippen molar-refractivity contribution in [3.05, 3.63) is 35.4 Å². The van der Waals surface area contributed by atoms with Crippen LogP contribution in [0.1, 0.15) is 11.1 Å². The Bertz CT molecular complexity index is 445. The average Bonchev–Trinajstić information content (AvgIpc) is 2.76. The number of aliphatic imine (C=N–C) groups is 1. The van der Waals surface area contributed by atoms with Gasteiger partial charge in [0.05, 0.1) is 16.6 Å². The first-order valence-electron chi connectivity index (χ1n) is 4.95. The Balaban J connectivity index is 2.29. The van der Waals surface area contributed by atoms with E-state index < -0.39 is 11.7 Å². The summed E-state index contributed by atoms with van der Waals surface area (Å²) in [4.78, 5) is 4.28. The number of hydrogen-bond donors (Lipinski definition) is 0. The maximum absolute atomic E-state index is 12.5. The van der Waals surface area contributed by atoms with E-state index in [0.29, 0.717) is 16.5 Å². The molecule has 1 unspecified atom stereocenters. The third-order valence-corrected chi connectivity index (χ3v) is 3.85. The Morgan fingerprint density at radius 2 is 2.18 bits per heavy atom. The molecular formula is C11H9ClF3NS. The fourth-order valence-corrected chi connectivity index (χ4v) is 2.85. The molecule has 1 nitrogen and oxygen atoms in total. The van der Waals surface area contributed by atoms with E-state index in [0.717, 1.165) is 17.9 Å². The largest absolute Gasteiger partial charge is 0.416 e. The molecule has 0 aliphatic carbocycles. The molecule has 1 aliphatic heterocycles. The van der Waals surface area contributed by atoms with E-state index in [1.54, 1.807) is 6.07 Å². The Hall–Kier alpha value is -0.680. The lowest BCUT2D eigenvalue weighted by Crippen LogP contribution is -2.06. The molecule has 1 aromatic rings. The van der Waals surface area contributed by atoms with Gasteiger partial charge >= 0.3 is 6.18 Å². The molecule has 1 aromatic carbocycles. The molecule has 0 saturated carbocycles. The van der Waals surface area contributed by atoms with Crippen molar-refractivity contribution in [3.63, 3.8) is 0 Å². The summed E-state index contributed by atoms with van der Waals surface area (Å²) in [6, 6.07) is 5.23. The van der Waals surface area contributed by atoms with Gasteiger partial charge in [0.1, 0.15) is 0 Å². The van der Waals surface area contributed by atoms with Gasteiger partial charge in [0.15, 0.2) is 0 Å². The normalized spacial score (nSPS) is 20.5. The van der Waals surface area contributed by atoms with Crippen LogP contribution in [0.2, 0.25) is 0 Å². The maximum atomic E-state index is 12.5. The van der Waals surface area contributed by atoms with Gasteiger partial charge < -0.3 is 0 Å². The first-order chi connectivity index (χ1) is 8.00. The van der Waals surface area contributed by atoms with Crippen molar-refractivity contribution >= 4 is 28.4 Å². The molecule has 17 heavy (non-hydrogen) atoms. The van der Waals surface area contributed by atoms with Crippen molar-refractivity contribution in [3.8, 4) is 0 Å². The lowest BCUT2D eigenvalue weighted by molar-refractivity contribution is -0.137. The number of hydrogen-bond acceptors (Lipinski definition) is 2. The number of thioether (sulfide) groups is 1. The highest BCUT2D eigenvalue weighted by Crippen LogP contribution is 2.31. The van der Waals surface area contributed by atoms with Gasteiger partial charge in [-0.2, -0.15) is 13.2 Å². The van der Waals surface area contributed by atoms with Crippen LogP contribution in [0.15, 0.2) is 29.3 Å². The molecule has 1 atom stereocenters. The second-order valence-electron chi connectivity index (χ2n) is 3.63. The molecule has 0 spiro atoms. The summed E-state index contributed by atoms with van der Waals surface area (Å²) in [5.74, 6) is 1.13. The molecule has 2 rings (SSSR count). The second-order valence-corrected chi connectivity index (χ2v) is 4.95. The molecule has 0 bridgehead atoms. The number of nitrogens with zero attached hydrogens (tertiary/aromatic N) is 1. The fourth-order valence-electron chi connectivity index (χ4n) is 1.48. The highest BCUT2D eigenvalue weighted by Gasteiger charge is 2.31. The molecule has 6 heteroatoms. The summed E-state index contributed by atoms with van der Waals surface area (Å²) in [7, 11) is 0. The molecule has 92 valence electrons. The van der Waals surface area contributed by atoms with Crippen molar-refractivity contribution in [2.75, 3.05) is 11.6 Å². The predicted octanol–water partition coefficient (Wildman–Crippen LogP) is 3.81. The van der Waals surface area contributed by atoms with Crippen LogP contribution < -0.4 is 0 Å². The molecule has 1 aliphatic rings. The molecule has 0 fully saturated rings. The molecule has 0 saturated heterocycles. The molecule has 1 heterocycles. The molecule has 0 aromatic heterocycles. The third kappa shape index (κ3) is 2.96. The van der Waals surface area contributed by atoms with Crippen molar-refractivity contribution in [2.45, 2.75) is 12.2 Å². The third-order valence-electron chi connectivity index (χ3n) is 2.33. The first-order valence-corrected chi connectivity index (χ1v) is 6.47. The molecule has 0 radical (unpaired) electrons. The van der Waals surface area contributed by atoms with Crippen molar-refractivity contribution < 1.29 is 13.2 Å². The highest BCUT2D eigenvalue weighted by atomic mass is 35.5. The van der Waals surface area contributed by atoms with E-state index in [1.165, 1.54) is 17.8 Å². The Kier molecular flexibility index (Phi) is 3.68. The molecule has 0 N–H and O–H groups in total. The van der Waals surface area contributed by atoms with Crippen LogP contribution in [-0.4, -0.2) is 22.7 Å². The fraction of sp³-hybridized carbons (Fsp3) is 0.364. The van der Waals surface area contributed by atoms with Gasteiger partial charge in [-0.3, -0.25) is 4.99 Å². The van der Waals surface area contributed by atoms with Crippen LogP contribution in [0.5, 0.6) is 0 Å². The van der Waals surface area contributed by atoms with E-state index in [1.807, 2.05) is 0 Å². The van der Waals surface area contributed by atoms with Gasteiger partial charge in [-0.05, 0) is 12.1 Å². The van der Waals surface area contributed by atoms with Crippen LogP contribution in [0.25, 0.3) is 0 Å². The summed E-state index contributed by atoms with van der Waals surface area (Å²) in [6.45, 7) is 0. The van der Waals surface area contributed by atoms with E-state index in [4.69, 9.17) is 11.6 Å². The standard InChI is InChI=1S/C11H9ClF3NS/c12-5-9-6-17-10(16-9)7-2-1-3-8(4-7)11(13,14)15/h1-4,9H,5-6H2. The van der Waals surface area contributed by atoms with E-state index >= 15 is 0 Å². The zero-order chi connectivity index (χ0) is 12.5. The quantitative estimate of drug-likeness (QED) is 0.750. The smallest absolute Gasteiger partial charge is 0.272 e. The summed E-state index contributed by atoms with van der Waals surface area (Å²) in [5, 5.41) is 0.641. The molecule has 0 amide bonds. The highest BCUT2D eigenvalue weighted by molar-refractivity contribution is 8.14. The number of benzene rings is 1. The number of rotatable bonds is 2. The topological polar surface area (TPSA) is 12.4 Å². The van der Waals surface area contributed by atoms with Crippen molar-refractivity contribution in [1.82, 2.24) is 0 Å². The summed E-state index contributed by atoms with van der Waals surface area (Å²) < 4.78 is 37.6. The number of halogens is 4. The summed E-state index contributed by atoms with van der Waals surface area (Å²) in [6.07, 6.45) is -4.31. The minimum atomic E-state index is -4.31. The van der Waals surface area contributed by atoms with E-state index in [2.05, 4.69) is 4.99 Å². The lowest BCUT2D eigenvalue weighted by atomic mass is 10.1. The monoisotopic (exact) mass is 279 g/mol. The minimum Gasteiger partial charge on any atom is -0.272 e. The minimum absolute atomic E-state index is 0.00575. The van der Waals surface area contributed by atoms with E-state index in [-0.39, 0.29) is 6.04 Å². The summed E-state index contributed by atoms with van der Waals surface area (Å²) in [5.41, 5.74) is -0.134. The molecular weight excluding hydrogens is 271 g/mol. The van der Waals surface area contributed by atoms with Gasteiger partial charge in [0.2, 0.25) is 0 Å². The lowest BCUT2D eigenvalue weighted by Gasteiger charge is -2.08. The van der Waals surface area contributed by atoms with E-state index in [9.17, 15) is 13.2 Å². The Labute approximate surface area is 106 Å². The zero-order valence-electron chi connectivity index (χ0n) is 8.67. The van der Waals surface area contributed by atoms with Gasteiger partial charge in [-0.15, -0.1) is 23.4 Å². The second kappa shape index (κ2) is 4.90. The first kappa shape index (κ1) is 12.8. The Morgan fingerprint density at radius 1 is 1.41 bits per heavy atom. The van der Waals surface area contributed by atoms with Crippen LogP contribution >= 0.6 is 23.4 Å². The number of alkyl halides is 4. The van der Waals surface area contributed by atoms with Crippen LogP contribution in [0.3, 0.4) is 0 Å². The van der Waals surface area contributed by atoms with Crippen molar-refractivity contribution in [1.29, 1.82) is 0 Å². The SMILES string of the molecule is FC(F)(F)c1cccc(C2=NC(CCl)CS2)c1. The maximum Gasteiger partial charge on any atom is 0.416 e.